The van der Waals surface area contributed by atoms with Gasteiger partial charge in [0, 0.05) is 23.8 Å². The highest BCUT2D eigenvalue weighted by Crippen LogP contribution is 2.25. The third-order valence-corrected chi connectivity index (χ3v) is 6.35. The molecule has 8 heteroatoms. The van der Waals surface area contributed by atoms with Gasteiger partial charge in [0.25, 0.3) is 0 Å². The van der Waals surface area contributed by atoms with Crippen LogP contribution in [0.3, 0.4) is 0 Å². The molecule has 28 heavy (non-hydrogen) atoms. The lowest BCUT2D eigenvalue weighted by Gasteiger charge is -2.28. The molecule has 4 nitrogen and oxygen atoms in total. The zero-order valence-electron chi connectivity index (χ0n) is 15.5. The van der Waals surface area contributed by atoms with E-state index in [4.69, 9.17) is 23.2 Å². The Morgan fingerprint density at radius 3 is 2.54 bits per heavy atom. The van der Waals surface area contributed by atoms with E-state index < -0.39 is 6.04 Å². The number of thioether (sulfide) groups is 1. The number of nitrogens with one attached hydrogen (secondary N) is 1. The maximum atomic E-state index is 12.9. The zero-order chi connectivity index (χ0) is 20.7. The quantitative estimate of drug-likeness (QED) is 0.541. The van der Waals surface area contributed by atoms with Crippen LogP contribution < -0.4 is 5.32 Å². The largest absolute Gasteiger partial charge is 0.357 e. The fourth-order valence-electron chi connectivity index (χ4n) is 2.59. The topological polar surface area (TPSA) is 49.4 Å². The zero-order valence-corrected chi connectivity index (χ0v) is 19.5. The van der Waals surface area contributed by atoms with Gasteiger partial charge >= 0.3 is 0 Å². The molecule has 1 atom stereocenters. The Morgan fingerprint density at radius 2 is 1.89 bits per heavy atom. The number of likely N-dealkylation sites (N-methyl/N-ethyl adjacent to an activating group) is 1. The summed E-state index contributed by atoms with van der Waals surface area (Å²) in [4.78, 5) is 26.6. The number of carbonyl (C=O) groups excluding carboxylic acids is 2. The summed E-state index contributed by atoms with van der Waals surface area (Å²) in [5, 5.41) is 3.62. The molecule has 0 aromatic heterocycles. The van der Waals surface area contributed by atoms with Crippen LogP contribution in [0.4, 0.5) is 0 Å². The van der Waals surface area contributed by atoms with Crippen molar-refractivity contribution in [2.24, 2.45) is 0 Å². The van der Waals surface area contributed by atoms with Crippen molar-refractivity contribution < 1.29 is 9.59 Å². The molecule has 0 heterocycles. The number of benzene rings is 2. The van der Waals surface area contributed by atoms with Crippen LogP contribution in [0.5, 0.6) is 0 Å². The van der Waals surface area contributed by atoms with Crippen molar-refractivity contribution in [2.45, 2.75) is 25.3 Å². The van der Waals surface area contributed by atoms with Gasteiger partial charge in [0.05, 0.1) is 15.8 Å². The highest BCUT2D eigenvalue weighted by molar-refractivity contribution is 9.10. The molecule has 2 amide bonds. The first kappa shape index (κ1) is 23.1. The maximum absolute atomic E-state index is 12.9. The molecule has 0 saturated carbocycles. The number of rotatable bonds is 8. The Balaban J connectivity index is 2.05. The van der Waals surface area contributed by atoms with Gasteiger partial charge in [0.15, 0.2) is 0 Å². The fraction of sp³-hybridized carbons (Fsp3) is 0.300. The van der Waals surface area contributed by atoms with Gasteiger partial charge in [-0.1, -0.05) is 57.3 Å². The van der Waals surface area contributed by atoms with Crippen molar-refractivity contribution in [2.75, 3.05) is 12.8 Å². The van der Waals surface area contributed by atoms with Gasteiger partial charge in [-0.05, 0) is 42.3 Å². The predicted molar refractivity (Wildman–Crippen MR) is 121 cm³/mol. The SMILES string of the molecule is CNC(=O)[C@@H](C)N(Cc1cccc(Br)c1)C(=O)CSCc1ccc(Cl)c(Cl)c1. The maximum Gasteiger partial charge on any atom is 0.242 e. The van der Waals surface area contributed by atoms with E-state index in [0.29, 0.717) is 22.3 Å². The van der Waals surface area contributed by atoms with Gasteiger partial charge in [-0.25, -0.2) is 0 Å². The van der Waals surface area contributed by atoms with Crippen LogP contribution >= 0.6 is 50.9 Å². The van der Waals surface area contributed by atoms with Gasteiger partial charge in [-0.15, -0.1) is 11.8 Å². The summed E-state index contributed by atoms with van der Waals surface area (Å²) in [6.45, 7) is 2.10. The monoisotopic (exact) mass is 502 g/mol. The number of carbonyl (C=O) groups is 2. The first-order valence-corrected chi connectivity index (χ1v) is 11.3. The van der Waals surface area contributed by atoms with E-state index in [-0.39, 0.29) is 17.6 Å². The van der Waals surface area contributed by atoms with E-state index in [2.05, 4.69) is 21.2 Å². The molecule has 1 N–H and O–H groups in total. The van der Waals surface area contributed by atoms with Crippen LogP contribution in [-0.2, 0) is 21.9 Å². The van der Waals surface area contributed by atoms with Crippen LogP contribution in [0.15, 0.2) is 46.9 Å². The Kier molecular flexibility index (Phi) is 9.15. The van der Waals surface area contributed by atoms with Crippen molar-refractivity contribution in [3.8, 4) is 0 Å². The molecule has 0 aliphatic carbocycles. The van der Waals surface area contributed by atoms with Crippen LogP contribution in [0.1, 0.15) is 18.1 Å². The summed E-state index contributed by atoms with van der Waals surface area (Å²) in [6, 6.07) is 12.6. The highest BCUT2D eigenvalue weighted by atomic mass is 79.9. The first-order chi connectivity index (χ1) is 13.3. The lowest BCUT2D eigenvalue weighted by atomic mass is 10.1. The molecular weight excluding hydrogens is 483 g/mol. The van der Waals surface area contributed by atoms with Gasteiger partial charge in [0.2, 0.25) is 11.8 Å². The molecule has 0 unspecified atom stereocenters. The molecule has 0 radical (unpaired) electrons. The Morgan fingerprint density at radius 1 is 1.14 bits per heavy atom. The summed E-state index contributed by atoms with van der Waals surface area (Å²) < 4.78 is 0.930. The number of nitrogens with zero attached hydrogens (tertiary/aromatic N) is 1. The molecule has 0 fully saturated rings. The van der Waals surface area contributed by atoms with Crippen molar-refractivity contribution in [3.05, 3.63) is 68.1 Å². The predicted octanol–water partition coefficient (Wildman–Crippen LogP) is 5.15. The highest BCUT2D eigenvalue weighted by Gasteiger charge is 2.25. The van der Waals surface area contributed by atoms with Crippen molar-refractivity contribution in [1.82, 2.24) is 10.2 Å². The van der Waals surface area contributed by atoms with E-state index in [1.54, 1.807) is 31.0 Å². The second-order valence-electron chi connectivity index (χ2n) is 6.18. The number of hydrogen-bond donors (Lipinski definition) is 1. The van der Waals surface area contributed by atoms with Crippen LogP contribution in [0.25, 0.3) is 0 Å². The third kappa shape index (κ3) is 6.69. The number of hydrogen-bond acceptors (Lipinski definition) is 3. The molecule has 0 aliphatic heterocycles. The van der Waals surface area contributed by atoms with Gasteiger partial charge in [-0.3, -0.25) is 9.59 Å². The second kappa shape index (κ2) is 11.1. The van der Waals surface area contributed by atoms with E-state index >= 15 is 0 Å². The molecule has 150 valence electrons. The Hall–Kier alpha value is -1.21. The lowest BCUT2D eigenvalue weighted by Crippen LogP contribution is -2.47. The van der Waals surface area contributed by atoms with Crippen molar-refractivity contribution in [3.63, 3.8) is 0 Å². The van der Waals surface area contributed by atoms with Crippen LogP contribution in [0.2, 0.25) is 10.0 Å². The first-order valence-electron chi connectivity index (χ1n) is 8.59. The minimum Gasteiger partial charge on any atom is -0.357 e. The Labute approximate surface area is 188 Å². The molecule has 0 saturated heterocycles. The average molecular weight is 504 g/mol. The molecular formula is C20H21BrCl2N2O2S. The van der Waals surface area contributed by atoms with Crippen LogP contribution in [0, 0.1) is 0 Å². The second-order valence-corrected chi connectivity index (χ2v) is 8.90. The summed E-state index contributed by atoms with van der Waals surface area (Å²) in [5.74, 6) is 0.594. The smallest absolute Gasteiger partial charge is 0.242 e. The van der Waals surface area contributed by atoms with E-state index in [1.165, 1.54) is 11.8 Å². The minimum atomic E-state index is -0.568. The van der Waals surface area contributed by atoms with Crippen molar-refractivity contribution in [1.29, 1.82) is 0 Å². The minimum absolute atomic E-state index is 0.0962. The molecule has 2 aromatic carbocycles. The Bertz CT molecular complexity index is 851. The third-order valence-electron chi connectivity index (χ3n) is 4.13. The summed E-state index contributed by atoms with van der Waals surface area (Å²) >= 11 is 16.9. The lowest BCUT2D eigenvalue weighted by molar-refractivity contribution is -0.138. The normalized spacial score (nSPS) is 11.8. The molecule has 2 rings (SSSR count). The van der Waals surface area contributed by atoms with Crippen LogP contribution in [-0.4, -0.2) is 35.6 Å². The van der Waals surface area contributed by atoms with Crippen molar-refractivity contribution >= 4 is 62.7 Å². The van der Waals surface area contributed by atoms with E-state index in [0.717, 1.165) is 15.6 Å². The van der Waals surface area contributed by atoms with Gasteiger partial charge in [0.1, 0.15) is 6.04 Å². The van der Waals surface area contributed by atoms with Gasteiger partial charge < -0.3 is 10.2 Å². The molecule has 0 spiro atoms. The van der Waals surface area contributed by atoms with Gasteiger partial charge in [-0.2, -0.15) is 0 Å². The summed E-state index contributed by atoms with van der Waals surface area (Å²) in [5.41, 5.74) is 1.94. The average Bonchev–Trinajstić information content (AvgIpc) is 2.67. The summed E-state index contributed by atoms with van der Waals surface area (Å²) in [6.07, 6.45) is 0. The molecule has 0 aliphatic rings. The van der Waals surface area contributed by atoms with E-state index in [1.807, 2.05) is 30.3 Å². The number of halogens is 3. The fourth-order valence-corrected chi connectivity index (χ4v) is 4.22. The molecule has 0 bridgehead atoms. The standard InChI is InChI=1S/C20H21BrCl2N2O2S/c1-13(20(27)24-2)25(10-14-4-3-5-16(21)8-14)19(26)12-28-11-15-6-7-17(22)18(23)9-15/h3-9,13H,10-12H2,1-2H3,(H,24,27)/t13-/m1/s1. The molecule has 2 aromatic rings. The summed E-state index contributed by atoms with van der Waals surface area (Å²) in [7, 11) is 1.57. The van der Waals surface area contributed by atoms with E-state index in [9.17, 15) is 9.59 Å². The number of amides is 2.